The quantitative estimate of drug-likeness (QED) is 0.583. The number of rotatable bonds is 0. The lowest BCUT2D eigenvalue weighted by Crippen LogP contribution is -2.27. The molecule has 0 saturated carbocycles. The minimum atomic E-state index is 0.490. The summed E-state index contributed by atoms with van der Waals surface area (Å²) in [6.07, 6.45) is 9.21. The van der Waals surface area contributed by atoms with Gasteiger partial charge >= 0.3 is 0 Å². The van der Waals surface area contributed by atoms with Crippen molar-refractivity contribution >= 4 is 11.1 Å². The zero-order valence-electron chi connectivity index (χ0n) is 16.2. The van der Waals surface area contributed by atoms with E-state index in [0.717, 1.165) is 13.2 Å². The molecule has 2 aromatic carbocycles. The van der Waals surface area contributed by atoms with Crippen molar-refractivity contribution in [2.45, 2.75) is 38.9 Å². The van der Waals surface area contributed by atoms with Gasteiger partial charge in [-0.2, -0.15) is 0 Å². The van der Waals surface area contributed by atoms with Crippen LogP contribution in [-0.2, 0) is 35.5 Å². The van der Waals surface area contributed by atoms with Gasteiger partial charge in [0.15, 0.2) is 0 Å². The van der Waals surface area contributed by atoms with Gasteiger partial charge in [0.1, 0.15) is 0 Å². The van der Waals surface area contributed by atoms with E-state index in [1.807, 2.05) is 0 Å². The average molecular weight is 370 g/mol. The number of hydrogen-bond donors (Lipinski definition) is 0. The molecule has 0 fully saturated rings. The minimum Gasteiger partial charge on any atom is -0.376 e. The van der Waals surface area contributed by atoms with Crippen molar-refractivity contribution in [3.8, 4) is 0 Å². The lowest BCUT2D eigenvalue weighted by atomic mass is 9.83. The summed E-state index contributed by atoms with van der Waals surface area (Å²) < 4.78 is 12.2. The van der Waals surface area contributed by atoms with Gasteiger partial charge in [0.2, 0.25) is 0 Å². The number of ether oxygens (including phenoxy) is 2. The SMILES string of the molecule is C1=C[C@@H]2COCc3ccc4c(c3)/C(=C3/CCc5ccc(cc53)COC[C@@H]12)CC4. The second-order valence-corrected chi connectivity index (χ2v) is 8.68. The highest BCUT2D eigenvalue weighted by molar-refractivity contribution is 5.96. The molecule has 142 valence electrons. The van der Waals surface area contributed by atoms with Gasteiger partial charge in [-0.05, 0) is 82.3 Å². The molecule has 2 nitrogen and oxygen atoms in total. The predicted molar refractivity (Wildman–Crippen MR) is 112 cm³/mol. The zero-order valence-corrected chi connectivity index (χ0v) is 16.2. The van der Waals surface area contributed by atoms with Crippen LogP contribution in [0.2, 0.25) is 0 Å². The smallest absolute Gasteiger partial charge is 0.0717 e. The number of benzene rings is 2. The highest BCUT2D eigenvalue weighted by atomic mass is 16.5. The summed E-state index contributed by atoms with van der Waals surface area (Å²) in [5.74, 6) is 0.980. The van der Waals surface area contributed by atoms with E-state index in [1.165, 1.54) is 59.1 Å². The summed E-state index contributed by atoms with van der Waals surface area (Å²) in [7, 11) is 0. The molecular weight excluding hydrogens is 344 g/mol. The van der Waals surface area contributed by atoms with Gasteiger partial charge in [0, 0.05) is 11.8 Å². The van der Waals surface area contributed by atoms with E-state index >= 15 is 0 Å². The Kier molecular flexibility index (Phi) is 4.02. The van der Waals surface area contributed by atoms with E-state index in [1.54, 1.807) is 11.1 Å². The number of fused-ring (bicyclic) bond motifs is 3. The number of aryl methyl sites for hydroxylation is 2. The fraction of sp³-hybridized carbons (Fsp3) is 0.385. The zero-order chi connectivity index (χ0) is 18.5. The Bertz CT molecular complexity index is 918. The number of allylic oxidation sites excluding steroid dienone is 2. The molecule has 0 aromatic heterocycles. The monoisotopic (exact) mass is 370 g/mol. The first kappa shape index (κ1) is 16.8. The van der Waals surface area contributed by atoms with Gasteiger partial charge in [-0.25, -0.2) is 0 Å². The molecule has 3 aliphatic carbocycles. The highest BCUT2D eigenvalue weighted by Gasteiger charge is 2.27. The van der Waals surface area contributed by atoms with E-state index in [9.17, 15) is 0 Å². The summed E-state index contributed by atoms with van der Waals surface area (Å²) in [5, 5.41) is 0. The Morgan fingerprint density at radius 2 is 1.11 bits per heavy atom. The van der Waals surface area contributed by atoms with Gasteiger partial charge in [0.05, 0.1) is 26.4 Å². The molecule has 0 spiro atoms. The third kappa shape index (κ3) is 2.78. The van der Waals surface area contributed by atoms with Crippen LogP contribution in [0.25, 0.3) is 11.1 Å². The van der Waals surface area contributed by atoms with Crippen LogP contribution in [0.4, 0.5) is 0 Å². The Balaban J connectivity index is 1.43. The molecule has 0 saturated heterocycles. The maximum Gasteiger partial charge on any atom is 0.0717 e. The van der Waals surface area contributed by atoms with Gasteiger partial charge < -0.3 is 9.47 Å². The van der Waals surface area contributed by atoms with Crippen LogP contribution in [0.15, 0.2) is 48.6 Å². The Labute approximate surface area is 166 Å². The molecule has 2 heteroatoms. The largest absolute Gasteiger partial charge is 0.376 e. The molecule has 1 aliphatic heterocycles. The predicted octanol–water partition coefficient (Wildman–Crippen LogP) is 5.34. The first-order valence-electron chi connectivity index (χ1n) is 10.7. The fourth-order valence-corrected chi connectivity index (χ4v) is 5.25. The first-order valence-corrected chi connectivity index (χ1v) is 10.7. The molecule has 0 N–H and O–H groups in total. The van der Waals surface area contributed by atoms with Crippen LogP contribution in [0.5, 0.6) is 0 Å². The summed E-state index contributed by atoms with van der Waals surface area (Å²) in [5.41, 5.74) is 11.7. The van der Waals surface area contributed by atoms with Crippen LogP contribution < -0.4 is 0 Å². The molecular formula is C26H26O2. The van der Waals surface area contributed by atoms with Crippen molar-refractivity contribution in [3.63, 3.8) is 0 Å². The maximum absolute atomic E-state index is 6.08. The lowest BCUT2D eigenvalue weighted by molar-refractivity contribution is 0.0405. The summed E-state index contributed by atoms with van der Waals surface area (Å²) in [4.78, 5) is 0. The summed E-state index contributed by atoms with van der Waals surface area (Å²) in [6.45, 7) is 2.98. The lowest BCUT2D eigenvalue weighted by Gasteiger charge is -2.29. The van der Waals surface area contributed by atoms with Crippen LogP contribution in [0, 0.1) is 11.8 Å². The maximum atomic E-state index is 6.08. The molecule has 4 bridgehead atoms. The fourth-order valence-electron chi connectivity index (χ4n) is 5.25. The molecule has 0 amide bonds. The van der Waals surface area contributed by atoms with E-state index < -0.39 is 0 Å². The first-order chi connectivity index (χ1) is 13.8. The second kappa shape index (κ2) is 6.72. The van der Waals surface area contributed by atoms with Crippen molar-refractivity contribution < 1.29 is 9.47 Å². The normalized spacial score (nSPS) is 28.1. The van der Waals surface area contributed by atoms with Crippen molar-refractivity contribution in [2.75, 3.05) is 13.2 Å². The van der Waals surface area contributed by atoms with Crippen LogP contribution >= 0.6 is 0 Å². The molecule has 28 heavy (non-hydrogen) atoms. The second-order valence-electron chi connectivity index (χ2n) is 8.68. The van der Waals surface area contributed by atoms with Crippen molar-refractivity contribution in [1.82, 2.24) is 0 Å². The average Bonchev–Trinajstić information content (AvgIpc) is 3.30. The van der Waals surface area contributed by atoms with Crippen molar-refractivity contribution in [3.05, 3.63) is 81.9 Å². The van der Waals surface area contributed by atoms with Crippen LogP contribution in [0.3, 0.4) is 0 Å². The summed E-state index contributed by atoms with van der Waals surface area (Å²) in [6, 6.07) is 14.0. The van der Waals surface area contributed by atoms with Crippen LogP contribution in [0.1, 0.15) is 46.2 Å². The number of hydrogen-bond acceptors (Lipinski definition) is 2. The van der Waals surface area contributed by atoms with Crippen molar-refractivity contribution in [2.24, 2.45) is 11.8 Å². The Morgan fingerprint density at radius 1 is 0.607 bits per heavy atom. The molecule has 0 unspecified atom stereocenters. The molecule has 2 aromatic rings. The molecule has 1 heterocycles. The van der Waals surface area contributed by atoms with E-state index in [0.29, 0.717) is 25.0 Å². The standard InChI is InChI=1S/C26H26O2/c1-3-19-7-9-23-24-10-8-20-4-2-18(12-26(20)24)14-28-16-22-6-5-21(22)15-27-13-17(1)11-25(19)23/h1-6,11-12,21-22H,7-10,13-16H2/b24-23-/t21-,22-/m1/s1. The van der Waals surface area contributed by atoms with Gasteiger partial charge in [-0.1, -0.05) is 36.4 Å². The molecule has 4 aliphatic rings. The highest BCUT2D eigenvalue weighted by Crippen LogP contribution is 2.44. The van der Waals surface area contributed by atoms with Crippen LogP contribution in [-0.4, -0.2) is 13.2 Å². The minimum absolute atomic E-state index is 0.490. The van der Waals surface area contributed by atoms with Gasteiger partial charge in [-0.3, -0.25) is 0 Å². The van der Waals surface area contributed by atoms with Crippen molar-refractivity contribution in [1.29, 1.82) is 0 Å². The van der Waals surface area contributed by atoms with E-state index in [2.05, 4.69) is 48.6 Å². The van der Waals surface area contributed by atoms with E-state index in [4.69, 9.17) is 9.47 Å². The van der Waals surface area contributed by atoms with Gasteiger partial charge in [0.25, 0.3) is 0 Å². The van der Waals surface area contributed by atoms with Gasteiger partial charge in [-0.15, -0.1) is 0 Å². The topological polar surface area (TPSA) is 18.5 Å². The molecule has 0 radical (unpaired) electrons. The molecule has 6 rings (SSSR count). The Morgan fingerprint density at radius 3 is 1.57 bits per heavy atom. The summed E-state index contributed by atoms with van der Waals surface area (Å²) >= 11 is 0. The third-order valence-electron chi connectivity index (χ3n) is 6.97. The Hall–Kier alpha value is -2.16. The third-order valence-corrected chi connectivity index (χ3v) is 6.97. The van der Waals surface area contributed by atoms with E-state index in [-0.39, 0.29) is 0 Å². The molecule has 2 atom stereocenters.